The van der Waals surface area contributed by atoms with Crippen LogP contribution in [-0.2, 0) is 6.42 Å². The van der Waals surface area contributed by atoms with Crippen molar-refractivity contribution >= 4 is 0 Å². The molecule has 0 aromatic heterocycles. The van der Waals surface area contributed by atoms with Crippen LogP contribution in [-0.4, -0.2) is 34.4 Å². The molecule has 1 saturated heterocycles. The van der Waals surface area contributed by atoms with Gasteiger partial charge in [-0.05, 0) is 62.4 Å². The third-order valence-corrected chi connectivity index (χ3v) is 4.02. The highest BCUT2D eigenvalue weighted by Crippen LogP contribution is 2.38. The van der Waals surface area contributed by atoms with Gasteiger partial charge in [-0.3, -0.25) is 0 Å². The summed E-state index contributed by atoms with van der Waals surface area (Å²) in [5.41, 5.74) is 1.25. The first-order valence-corrected chi connectivity index (χ1v) is 7.28. The predicted molar refractivity (Wildman–Crippen MR) is 80.0 cm³/mol. The number of methoxy groups -OCH3 is 3. The first kappa shape index (κ1) is 15.0. The highest BCUT2D eigenvalue weighted by atomic mass is 16.5. The zero-order valence-corrected chi connectivity index (χ0v) is 12.7. The molecule has 0 saturated carbocycles. The molecule has 1 aromatic carbocycles. The molecule has 1 heterocycles. The number of piperidine rings is 1. The molecule has 1 aromatic rings. The van der Waals surface area contributed by atoms with Gasteiger partial charge in [0.05, 0.1) is 21.3 Å². The van der Waals surface area contributed by atoms with Crippen LogP contribution in [0.15, 0.2) is 12.1 Å². The maximum Gasteiger partial charge on any atom is 0.203 e. The van der Waals surface area contributed by atoms with Crippen molar-refractivity contribution in [1.82, 2.24) is 5.32 Å². The minimum atomic E-state index is 0.667. The smallest absolute Gasteiger partial charge is 0.203 e. The molecule has 1 fully saturated rings. The molecular weight excluding hydrogens is 254 g/mol. The van der Waals surface area contributed by atoms with Crippen molar-refractivity contribution in [2.45, 2.75) is 25.7 Å². The number of ether oxygens (including phenoxy) is 3. The summed E-state index contributed by atoms with van der Waals surface area (Å²) in [6, 6.07) is 4.12. The Morgan fingerprint density at radius 1 is 1.00 bits per heavy atom. The van der Waals surface area contributed by atoms with Crippen molar-refractivity contribution in [3.8, 4) is 17.2 Å². The monoisotopic (exact) mass is 279 g/mol. The fourth-order valence-electron chi connectivity index (χ4n) is 2.82. The lowest BCUT2D eigenvalue weighted by Crippen LogP contribution is -2.27. The summed E-state index contributed by atoms with van der Waals surface area (Å²) < 4.78 is 16.1. The van der Waals surface area contributed by atoms with Crippen LogP contribution in [0.1, 0.15) is 24.8 Å². The summed E-state index contributed by atoms with van der Waals surface area (Å²) >= 11 is 0. The van der Waals surface area contributed by atoms with E-state index < -0.39 is 0 Å². The molecule has 1 N–H and O–H groups in total. The average Bonchev–Trinajstić information content (AvgIpc) is 2.52. The van der Waals surface area contributed by atoms with Crippen LogP contribution in [0.25, 0.3) is 0 Å². The fraction of sp³-hybridized carbons (Fsp3) is 0.625. The molecule has 4 nitrogen and oxygen atoms in total. The summed E-state index contributed by atoms with van der Waals surface area (Å²) in [5.74, 6) is 2.98. The summed E-state index contributed by atoms with van der Waals surface area (Å²) in [6.07, 6.45) is 4.84. The molecule has 112 valence electrons. The van der Waals surface area contributed by atoms with E-state index in [0.29, 0.717) is 5.75 Å². The number of hydrogen-bond donors (Lipinski definition) is 1. The molecule has 1 aliphatic heterocycles. The van der Waals surface area contributed by atoms with Crippen LogP contribution < -0.4 is 19.5 Å². The summed E-state index contributed by atoms with van der Waals surface area (Å²) in [6.45, 7) is 2.31. The fourth-order valence-corrected chi connectivity index (χ4v) is 2.82. The summed E-state index contributed by atoms with van der Waals surface area (Å²) in [5, 5.41) is 3.41. The van der Waals surface area contributed by atoms with E-state index in [1.54, 1.807) is 21.3 Å². The van der Waals surface area contributed by atoms with E-state index in [9.17, 15) is 0 Å². The van der Waals surface area contributed by atoms with Gasteiger partial charge in [0, 0.05) is 0 Å². The van der Waals surface area contributed by atoms with Crippen LogP contribution in [0.5, 0.6) is 17.2 Å². The van der Waals surface area contributed by atoms with E-state index in [2.05, 4.69) is 17.4 Å². The van der Waals surface area contributed by atoms with Gasteiger partial charge in [0.15, 0.2) is 11.5 Å². The topological polar surface area (TPSA) is 39.7 Å². The first-order chi connectivity index (χ1) is 9.78. The molecule has 0 atom stereocenters. The van der Waals surface area contributed by atoms with Crippen molar-refractivity contribution < 1.29 is 14.2 Å². The van der Waals surface area contributed by atoms with Crippen LogP contribution in [0.3, 0.4) is 0 Å². The molecule has 0 spiro atoms. The van der Waals surface area contributed by atoms with Crippen molar-refractivity contribution in [3.63, 3.8) is 0 Å². The van der Waals surface area contributed by atoms with E-state index in [-0.39, 0.29) is 0 Å². The molecule has 0 bridgehead atoms. The molecular formula is C16H25NO3. The number of nitrogens with one attached hydrogen (secondary N) is 1. The number of aryl methyl sites for hydroxylation is 1. The minimum Gasteiger partial charge on any atom is -0.493 e. The Hall–Kier alpha value is -1.42. The SMILES string of the molecule is COc1cc(CCC2CCNCC2)cc(OC)c1OC. The third-order valence-electron chi connectivity index (χ3n) is 4.02. The lowest BCUT2D eigenvalue weighted by atomic mass is 9.91. The number of rotatable bonds is 6. The normalized spacial score (nSPS) is 15.9. The quantitative estimate of drug-likeness (QED) is 0.869. The van der Waals surface area contributed by atoms with E-state index >= 15 is 0 Å². The average molecular weight is 279 g/mol. The zero-order chi connectivity index (χ0) is 14.4. The Labute approximate surface area is 121 Å². The Bertz CT molecular complexity index is 403. The maximum absolute atomic E-state index is 5.40. The Morgan fingerprint density at radius 3 is 2.10 bits per heavy atom. The molecule has 0 amide bonds. The Morgan fingerprint density at radius 2 is 1.60 bits per heavy atom. The van der Waals surface area contributed by atoms with Crippen LogP contribution >= 0.6 is 0 Å². The van der Waals surface area contributed by atoms with Crippen molar-refractivity contribution in [1.29, 1.82) is 0 Å². The van der Waals surface area contributed by atoms with Gasteiger partial charge in [0.2, 0.25) is 5.75 Å². The molecule has 0 unspecified atom stereocenters. The van der Waals surface area contributed by atoms with Crippen molar-refractivity contribution in [2.75, 3.05) is 34.4 Å². The third kappa shape index (κ3) is 3.57. The van der Waals surface area contributed by atoms with Gasteiger partial charge in [-0.25, -0.2) is 0 Å². The van der Waals surface area contributed by atoms with Gasteiger partial charge >= 0.3 is 0 Å². The second-order valence-electron chi connectivity index (χ2n) is 5.27. The first-order valence-electron chi connectivity index (χ1n) is 7.28. The molecule has 4 heteroatoms. The second-order valence-corrected chi connectivity index (χ2v) is 5.27. The number of hydrogen-bond acceptors (Lipinski definition) is 4. The van der Waals surface area contributed by atoms with Gasteiger partial charge in [-0.1, -0.05) is 0 Å². The highest BCUT2D eigenvalue weighted by Gasteiger charge is 2.16. The minimum absolute atomic E-state index is 0.667. The molecule has 20 heavy (non-hydrogen) atoms. The zero-order valence-electron chi connectivity index (χ0n) is 12.7. The van der Waals surface area contributed by atoms with E-state index in [4.69, 9.17) is 14.2 Å². The predicted octanol–water partition coefficient (Wildman–Crippen LogP) is 2.64. The molecule has 2 rings (SSSR count). The van der Waals surface area contributed by atoms with E-state index in [1.807, 2.05) is 0 Å². The van der Waals surface area contributed by atoms with Crippen molar-refractivity contribution in [3.05, 3.63) is 17.7 Å². The van der Waals surface area contributed by atoms with Crippen LogP contribution in [0.2, 0.25) is 0 Å². The van der Waals surface area contributed by atoms with Gasteiger partial charge < -0.3 is 19.5 Å². The van der Waals surface area contributed by atoms with E-state index in [0.717, 1.165) is 36.9 Å². The Kier molecular flexibility index (Phi) is 5.53. The standard InChI is InChI=1S/C16H25NO3/c1-18-14-10-13(11-15(19-2)16(14)20-3)5-4-12-6-8-17-9-7-12/h10-12,17H,4-9H2,1-3H3. The number of benzene rings is 1. The summed E-state index contributed by atoms with van der Waals surface area (Å²) in [4.78, 5) is 0. The second kappa shape index (κ2) is 7.39. The lowest BCUT2D eigenvalue weighted by molar-refractivity contribution is 0.322. The lowest BCUT2D eigenvalue weighted by Gasteiger charge is -2.22. The van der Waals surface area contributed by atoms with Gasteiger partial charge in [0.1, 0.15) is 0 Å². The molecule has 0 aliphatic carbocycles. The maximum atomic E-state index is 5.40. The van der Waals surface area contributed by atoms with Gasteiger partial charge in [0.25, 0.3) is 0 Å². The van der Waals surface area contributed by atoms with Crippen molar-refractivity contribution in [2.24, 2.45) is 5.92 Å². The van der Waals surface area contributed by atoms with Crippen LogP contribution in [0.4, 0.5) is 0 Å². The largest absolute Gasteiger partial charge is 0.493 e. The highest BCUT2D eigenvalue weighted by molar-refractivity contribution is 5.53. The van der Waals surface area contributed by atoms with E-state index in [1.165, 1.54) is 24.8 Å². The Balaban J connectivity index is 2.06. The van der Waals surface area contributed by atoms with Crippen LogP contribution in [0, 0.1) is 5.92 Å². The van der Waals surface area contributed by atoms with Gasteiger partial charge in [-0.2, -0.15) is 0 Å². The molecule has 0 radical (unpaired) electrons. The molecule has 1 aliphatic rings. The van der Waals surface area contributed by atoms with Gasteiger partial charge in [-0.15, -0.1) is 0 Å². The summed E-state index contributed by atoms with van der Waals surface area (Å²) in [7, 11) is 4.96.